The number of rotatable bonds is 4. The van der Waals surface area contributed by atoms with E-state index in [0.717, 1.165) is 12.0 Å². The highest BCUT2D eigenvalue weighted by atomic mass is 35.5. The fourth-order valence-electron chi connectivity index (χ4n) is 2.31. The third-order valence-electron chi connectivity index (χ3n) is 3.48. The minimum absolute atomic E-state index is 0.0497. The third-order valence-corrected chi connectivity index (χ3v) is 3.98. The Hall–Kier alpha value is -0.480. The van der Waals surface area contributed by atoms with Crippen LogP contribution in [0.1, 0.15) is 31.9 Å². The van der Waals surface area contributed by atoms with Gasteiger partial charge in [-0.3, -0.25) is 0 Å². The van der Waals surface area contributed by atoms with Gasteiger partial charge >= 0.3 is 0 Å². The van der Waals surface area contributed by atoms with Crippen LogP contribution in [0.15, 0.2) is 12.1 Å². The van der Waals surface area contributed by atoms with Crippen LogP contribution in [0.2, 0.25) is 10.0 Å². The summed E-state index contributed by atoms with van der Waals surface area (Å²) in [6.45, 7) is 4.89. The maximum absolute atomic E-state index is 9.44. The highest BCUT2D eigenvalue weighted by molar-refractivity contribution is 6.35. The molecule has 1 aromatic carbocycles. The predicted octanol–water partition coefficient (Wildman–Crippen LogP) is 3.42. The second-order valence-corrected chi connectivity index (χ2v) is 6.04. The Morgan fingerprint density at radius 2 is 2.16 bits per heavy atom. The van der Waals surface area contributed by atoms with E-state index >= 15 is 0 Å². The zero-order valence-corrected chi connectivity index (χ0v) is 12.6. The van der Waals surface area contributed by atoms with Gasteiger partial charge in [0, 0.05) is 29.1 Å². The number of hydrogen-bond donors (Lipinski definition) is 2. The van der Waals surface area contributed by atoms with E-state index in [1.54, 1.807) is 6.07 Å². The predicted molar refractivity (Wildman–Crippen MR) is 78.2 cm³/mol. The normalized spacial score (nSPS) is 20.0. The Balaban J connectivity index is 2.26. The van der Waals surface area contributed by atoms with Crippen molar-refractivity contribution in [2.75, 3.05) is 13.2 Å². The van der Waals surface area contributed by atoms with Gasteiger partial charge in [-0.05, 0) is 18.1 Å². The van der Waals surface area contributed by atoms with Gasteiger partial charge in [-0.25, -0.2) is 0 Å². The molecule has 19 heavy (non-hydrogen) atoms. The van der Waals surface area contributed by atoms with E-state index in [0.29, 0.717) is 28.3 Å². The van der Waals surface area contributed by atoms with Crippen LogP contribution in [0.4, 0.5) is 0 Å². The molecule has 0 saturated carbocycles. The van der Waals surface area contributed by atoms with Crippen LogP contribution in [0.25, 0.3) is 0 Å². The number of aliphatic hydroxyl groups excluding tert-OH is 1. The number of halogens is 2. The summed E-state index contributed by atoms with van der Waals surface area (Å²) in [5, 5.41) is 14.1. The van der Waals surface area contributed by atoms with Crippen LogP contribution < -0.4 is 10.1 Å². The lowest BCUT2D eigenvalue weighted by Crippen LogP contribution is -2.41. The molecule has 1 heterocycles. The quantitative estimate of drug-likeness (QED) is 0.895. The molecule has 2 rings (SSSR count). The fourth-order valence-corrected chi connectivity index (χ4v) is 2.88. The fraction of sp³-hybridized carbons (Fsp3) is 0.571. The molecule has 0 radical (unpaired) electrons. The minimum atomic E-state index is 0.0497. The van der Waals surface area contributed by atoms with Gasteiger partial charge in [0.2, 0.25) is 0 Å². The Labute approximate surface area is 123 Å². The Kier molecular flexibility index (Phi) is 4.96. The van der Waals surface area contributed by atoms with Crippen molar-refractivity contribution in [3.05, 3.63) is 27.7 Å². The summed E-state index contributed by atoms with van der Waals surface area (Å²) in [4.78, 5) is 0. The molecule has 1 aromatic rings. The van der Waals surface area contributed by atoms with Gasteiger partial charge in [-0.1, -0.05) is 37.0 Å². The van der Waals surface area contributed by atoms with E-state index in [4.69, 9.17) is 27.9 Å². The van der Waals surface area contributed by atoms with Gasteiger partial charge in [0.25, 0.3) is 0 Å². The van der Waals surface area contributed by atoms with E-state index in [2.05, 4.69) is 19.2 Å². The van der Waals surface area contributed by atoms with Crippen molar-refractivity contribution in [3.8, 4) is 5.75 Å². The Morgan fingerprint density at radius 1 is 1.42 bits per heavy atom. The SMILES string of the molecule is CC(C)[C@@H](CO)NC1CCOc2c(Cl)cc(Cl)cc21. The molecule has 0 bridgehead atoms. The first-order valence-corrected chi connectivity index (χ1v) is 7.27. The molecule has 2 N–H and O–H groups in total. The number of hydrogen-bond acceptors (Lipinski definition) is 3. The number of fused-ring (bicyclic) bond motifs is 1. The number of ether oxygens (including phenoxy) is 1. The molecule has 1 unspecified atom stereocenters. The lowest BCUT2D eigenvalue weighted by Gasteiger charge is -2.32. The van der Waals surface area contributed by atoms with Crippen LogP contribution in [-0.2, 0) is 0 Å². The second-order valence-electron chi connectivity index (χ2n) is 5.20. The standard InChI is InChI=1S/C14H19Cl2NO2/c1-8(2)13(7-18)17-12-3-4-19-14-10(12)5-9(15)6-11(14)16/h5-6,8,12-13,17-18H,3-4,7H2,1-2H3/t12?,13-/m1/s1. The van der Waals surface area contributed by atoms with Crippen LogP contribution in [0, 0.1) is 5.92 Å². The van der Waals surface area contributed by atoms with Crippen LogP contribution in [-0.4, -0.2) is 24.4 Å². The van der Waals surface area contributed by atoms with Crippen molar-refractivity contribution in [1.29, 1.82) is 0 Å². The second kappa shape index (κ2) is 6.31. The third kappa shape index (κ3) is 3.34. The summed E-state index contributed by atoms with van der Waals surface area (Å²) in [7, 11) is 0. The minimum Gasteiger partial charge on any atom is -0.492 e. The van der Waals surface area contributed by atoms with Crippen LogP contribution >= 0.6 is 23.2 Å². The summed E-state index contributed by atoms with van der Waals surface area (Å²) in [6, 6.07) is 3.73. The number of aliphatic hydroxyl groups is 1. The first kappa shape index (κ1) is 14.9. The van der Waals surface area contributed by atoms with Crippen LogP contribution in [0.3, 0.4) is 0 Å². The van der Waals surface area contributed by atoms with Gasteiger partial charge in [0.15, 0.2) is 0 Å². The van der Waals surface area contributed by atoms with E-state index in [1.807, 2.05) is 6.07 Å². The van der Waals surface area contributed by atoms with Crippen molar-refractivity contribution < 1.29 is 9.84 Å². The van der Waals surface area contributed by atoms with E-state index in [-0.39, 0.29) is 18.7 Å². The van der Waals surface area contributed by atoms with Crippen molar-refractivity contribution >= 4 is 23.2 Å². The van der Waals surface area contributed by atoms with Crippen molar-refractivity contribution in [2.24, 2.45) is 5.92 Å². The molecule has 0 fully saturated rings. The van der Waals surface area contributed by atoms with Crippen molar-refractivity contribution in [2.45, 2.75) is 32.4 Å². The average Bonchev–Trinajstić information content (AvgIpc) is 2.35. The van der Waals surface area contributed by atoms with Gasteiger partial charge in [0.1, 0.15) is 5.75 Å². The zero-order chi connectivity index (χ0) is 14.0. The lowest BCUT2D eigenvalue weighted by molar-refractivity contribution is 0.179. The van der Waals surface area contributed by atoms with Gasteiger partial charge in [0.05, 0.1) is 18.2 Å². The molecule has 0 aliphatic carbocycles. The summed E-state index contributed by atoms with van der Waals surface area (Å²) < 4.78 is 5.62. The first-order valence-electron chi connectivity index (χ1n) is 6.51. The van der Waals surface area contributed by atoms with Gasteiger partial charge in [-0.15, -0.1) is 0 Å². The number of benzene rings is 1. The summed E-state index contributed by atoms with van der Waals surface area (Å²) in [5.41, 5.74) is 0.975. The van der Waals surface area contributed by atoms with Crippen LogP contribution in [0.5, 0.6) is 5.75 Å². The van der Waals surface area contributed by atoms with Crippen molar-refractivity contribution in [1.82, 2.24) is 5.32 Å². The molecule has 0 amide bonds. The molecule has 1 aliphatic rings. The summed E-state index contributed by atoms with van der Waals surface area (Å²) >= 11 is 12.2. The van der Waals surface area contributed by atoms with E-state index in [9.17, 15) is 5.11 Å². The zero-order valence-electron chi connectivity index (χ0n) is 11.1. The Morgan fingerprint density at radius 3 is 2.79 bits per heavy atom. The lowest BCUT2D eigenvalue weighted by atomic mass is 9.97. The van der Waals surface area contributed by atoms with E-state index in [1.165, 1.54) is 0 Å². The first-order chi connectivity index (χ1) is 9.02. The Bertz CT molecular complexity index is 451. The molecule has 1 aliphatic heterocycles. The molecule has 106 valence electrons. The average molecular weight is 304 g/mol. The summed E-state index contributed by atoms with van der Waals surface area (Å²) in [6.07, 6.45) is 0.840. The highest BCUT2D eigenvalue weighted by Gasteiger charge is 2.26. The summed E-state index contributed by atoms with van der Waals surface area (Å²) in [5.74, 6) is 1.06. The maximum Gasteiger partial charge on any atom is 0.142 e. The number of nitrogens with one attached hydrogen (secondary N) is 1. The van der Waals surface area contributed by atoms with Gasteiger partial charge in [-0.2, -0.15) is 0 Å². The molecule has 0 saturated heterocycles. The molecule has 0 spiro atoms. The largest absolute Gasteiger partial charge is 0.492 e. The van der Waals surface area contributed by atoms with Gasteiger partial charge < -0.3 is 15.2 Å². The molecule has 2 atom stereocenters. The topological polar surface area (TPSA) is 41.5 Å². The van der Waals surface area contributed by atoms with Crippen molar-refractivity contribution in [3.63, 3.8) is 0 Å². The highest BCUT2D eigenvalue weighted by Crippen LogP contribution is 2.40. The monoisotopic (exact) mass is 303 g/mol. The molecule has 0 aromatic heterocycles. The molecule has 3 nitrogen and oxygen atoms in total. The molecular weight excluding hydrogens is 285 g/mol. The molecular formula is C14H19Cl2NO2. The maximum atomic E-state index is 9.44. The van der Waals surface area contributed by atoms with E-state index < -0.39 is 0 Å². The smallest absolute Gasteiger partial charge is 0.142 e. The molecule has 5 heteroatoms.